The quantitative estimate of drug-likeness (QED) is 0.619. The van der Waals surface area contributed by atoms with Crippen molar-refractivity contribution in [3.8, 4) is 0 Å². The molecule has 0 bridgehead atoms. The summed E-state index contributed by atoms with van der Waals surface area (Å²) in [5.41, 5.74) is 0. The van der Waals surface area contributed by atoms with Gasteiger partial charge in [0.05, 0.1) is 6.54 Å². The van der Waals surface area contributed by atoms with E-state index in [1.54, 1.807) is 0 Å². The predicted octanol–water partition coefficient (Wildman–Crippen LogP) is 3.30. The molecule has 2 unspecified atom stereocenters. The summed E-state index contributed by atoms with van der Waals surface area (Å²) in [5, 5.41) is 6.88. The highest BCUT2D eigenvalue weighted by Crippen LogP contribution is 2.34. The van der Waals surface area contributed by atoms with E-state index >= 15 is 0 Å². The lowest BCUT2D eigenvalue weighted by Gasteiger charge is -2.10. The summed E-state index contributed by atoms with van der Waals surface area (Å²) in [6.45, 7) is 8.21. The zero-order valence-electron chi connectivity index (χ0n) is 12.2. The fourth-order valence-corrected chi connectivity index (χ4v) is 3.15. The topological polar surface area (TPSA) is 36.4 Å². The van der Waals surface area contributed by atoms with Crippen molar-refractivity contribution < 1.29 is 0 Å². The average Bonchev–Trinajstić information content (AvgIpc) is 2.96. The van der Waals surface area contributed by atoms with Crippen LogP contribution < -0.4 is 10.6 Å². The molecular formula is C15H25N3S. The predicted molar refractivity (Wildman–Crippen MR) is 83.8 cm³/mol. The summed E-state index contributed by atoms with van der Waals surface area (Å²) in [6.07, 6.45) is 3.92. The molecule has 0 amide bonds. The number of hydrogen-bond donors (Lipinski definition) is 2. The van der Waals surface area contributed by atoms with Crippen molar-refractivity contribution in [2.75, 3.05) is 6.54 Å². The van der Waals surface area contributed by atoms with Crippen LogP contribution in [0, 0.1) is 12.8 Å². The lowest BCUT2D eigenvalue weighted by molar-refractivity contribution is 0.655. The van der Waals surface area contributed by atoms with E-state index in [9.17, 15) is 0 Å². The smallest absolute Gasteiger partial charge is 0.191 e. The maximum absolute atomic E-state index is 4.68. The van der Waals surface area contributed by atoms with Crippen LogP contribution in [0.3, 0.4) is 0 Å². The van der Waals surface area contributed by atoms with Gasteiger partial charge in [-0.2, -0.15) is 0 Å². The van der Waals surface area contributed by atoms with Crippen molar-refractivity contribution in [2.24, 2.45) is 10.9 Å². The van der Waals surface area contributed by atoms with Crippen LogP contribution in [-0.4, -0.2) is 18.5 Å². The van der Waals surface area contributed by atoms with Crippen molar-refractivity contribution in [1.82, 2.24) is 10.6 Å². The molecule has 2 rings (SSSR count). The second-order valence-electron chi connectivity index (χ2n) is 5.24. The van der Waals surface area contributed by atoms with Crippen LogP contribution in [0.2, 0.25) is 0 Å². The minimum absolute atomic E-state index is 0.642. The molecule has 0 spiro atoms. The molecule has 1 aromatic rings. The van der Waals surface area contributed by atoms with Crippen LogP contribution in [0.15, 0.2) is 17.1 Å². The van der Waals surface area contributed by atoms with Crippen LogP contribution in [0.1, 0.15) is 42.9 Å². The molecule has 1 fully saturated rings. The molecule has 1 aliphatic rings. The summed E-state index contributed by atoms with van der Waals surface area (Å²) < 4.78 is 0. The van der Waals surface area contributed by atoms with Gasteiger partial charge in [0.25, 0.3) is 0 Å². The monoisotopic (exact) mass is 279 g/mol. The van der Waals surface area contributed by atoms with Crippen molar-refractivity contribution >= 4 is 17.3 Å². The van der Waals surface area contributed by atoms with Gasteiger partial charge in [-0.3, -0.25) is 0 Å². The summed E-state index contributed by atoms with van der Waals surface area (Å²) in [6, 6.07) is 4.97. The first-order valence-electron chi connectivity index (χ1n) is 7.33. The number of nitrogens with one attached hydrogen (secondary N) is 2. The normalized spacial score (nSPS) is 22.4. The summed E-state index contributed by atoms with van der Waals surface area (Å²) >= 11 is 1.83. The van der Waals surface area contributed by atoms with E-state index in [-0.39, 0.29) is 0 Å². The summed E-state index contributed by atoms with van der Waals surface area (Å²) in [5.74, 6) is 1.83. The lowest BCUT2D eigenvalue weighted by atomic mass is 10.2. The van der Waals surface area contributed by atoms with E-state index in [2.05, 4.69) is 48.5 Å². The molecule has 1 heterocycles. The molecule has 1 aromatic heterocycles. The Morgan fingerprint density at radius 2 is 2.26 bits per heavy atom. The summed E-state index contributed by atoms with van der Waals surface area (Å²) in [7, 11) is 0. The average molecular weight is 279 g/mol. The third kappa shape index (κ3) is 4.53. The zero-order chi connectivity index (χ0) is 13.7. The van der Waals surface area contributed by atoms with E-state index < -0.39 is 0 Å². The van der Waals surface area contributed by atoms with Crippen LogP contribution >= 0.6 is 11.3 Å². The first-order chi connectivity index (χ1) is 9.22. The van der Waals surface area contributed by atoms with Gasteiger partial charge in [-0.15, -0.1) is 11.3 Å². The maximum atomic E-state index is 4.68. The van der Waals surface area contributed by atoms with Gasteiger partial charge in [-0.25, -0.2) is 4.99 Å². The molecule has 0 radical (unpaired) electrons. The minimum Gasteiger partial charge on any atom is -0.357 e. The van der Waals surface area contributed by atoms with Crippen LogP contribution in [0.25, 0.3) is 0 Å². The molecule has 2 atom stereocenters. The first kappa shape index (κ1) is 14.4. The highest BCUT2D eigenvalue weighted by molar-refractivity contribution is 7.11. The number of thiophene rings is 1. The fraction of sp³-hybridized carbons (Fsp3) is 0.667. The molecule has 106 valence electrons. The van der Waals surface area contributed by atoms with Gasteiger partial charge in [0.15, 0.2) is 5.96 Å². The molecule has 19 heavy (non-hydrogen) atoms. The lowest BCUT2D eigenvalue weighted by Crippen LogP contribution is -2.39. The van der Waals surface area contributed by atoms with Crippen LogP contribution in [0.5, 0.6) is 0 Å². The maximum Gasteiger partial charge on any atom is 0.191 e. The van der Waals surface area contributed by atoms with Crippen LogP contribution in [0.4, 0.5) is 0 Å². The molecule has 0 saturated heterocycles. The highest BCUT2D eigenvalue weighted by atomic mass is 32.1. The third-order valence-electron chi connectivity index (χ3n) is 3.44. The van der Waals surface area contributed by atoms with Crippen molar-refractivity contribution in [1.29, 1.82) is 0 Å². The van der Waals surface area contributed by atoms with Gasteiger partial charge in [0.2, 0.25) is 0 Å². The van der Waals surface area contributed by atoms with Gasteiger partial charge in [0.1, 0.15) is 0 Å². The molecule has 2 N–H and O–H groups in total. The number of guanidine groups is 1. The molecule has 1 aliphatic carbocycles. The molecule has 4 heteroatoms. The standard InChI is InChI=1S/C15H25N3S/c1-4-6-12-9-14(12)18-15(16-5-2)17-10-13-8-7-11(3)19-13/h7-8,12,14H,4-6,9-10H2,1-3H3,(H2,16,17,18). The van der Waals surface area contributed by atoms with Gasteiger partial charge < -0.3 is 10.6 Å². The minimum atomic E-state index is 0.642. The van der Waals surface area contributed by atoms with E-state index in [1.807, 2.05) is 11.3 Å². The number of nitrogens with zero attached hydrogens (tertiary/aromatic N) is 1. The Hall–Kier alpha value is -1.03. The number of aryl methyl sites for hydroxylation is 1. The number of hydrogen-bond acceptors (Lipinski definition) is 2. The molecule has 1 saturated carbocycles. The van der Waals surface area contributed by atoms with Crippen molar-refractivity contribution in [2.45, 2.75) is 52.6 Å². The van der Waals surface area contributed by atoms with E-state index in [1.165, 1.54) is 29.0 Å². The van der Waals surface area contributed by atoms with Crippen LogP contribution in [-0.2, 0) is 6.54 Å². The Morgan fingerprint density at radius 3 is 2.89 bits per heavy atom. The van der Waals surface area contributed by atoms with E-state index in [0.29, 0.717) is 6.04 Å². The second-order valence-corrected chi connectivity index (χ2v) is 6.62. The molecular weight excluding hydrogens is 254 g/mol. The second kappa shape index (κ2) is 6.94. The first-order valence-corrected chi connectivity index (χ1v) is 8.14. The number of rotatable bonds is 6. The van der Waals surface area contributed by atoms with E-state index in [4.69, 9.17) is 0 Å². The Labute approximate surface area is 120 Å². The third-order valence-corrected chi connectivity index (χ3v) is 4.42. The SMILES string of the molecule is CCCC1CC1NC(=NCc1ccc(C)s1)NCC. The van der Waals surface area contributed by atoms with Crippen molar-refractivity contribution in [3.05, 3.63) is 21.9 Å². The van der Waals surface area contributed by atoms with Gasteiger partial charge in [-0.1, -0.05) is 13.3 Å². The van der Waals surface area contributed by atoms with Crippen molar-refractivity contribution in [3.63, 3.8) is 0 Å². The summed E-state index contributed by atoms with van der Waals surface area (Å²) in [4.78, 5) is 7.36. The Morgan fingerprint density at radius 1 is 1.42 bits per heavy atom. The largest absolute Gasteiger partial charge is 0.357 e. The Balaban J connectivity index is 1.85. The fourth-order valence-electron chi connectivity index (χ4n) is 2.34. The van der Waals surface area contributed by atoms with Gasteiger partial charge >= 0.3 is 0 Å². The zero-order valence-corrected chi connectivity index (χ0v) is 13.0. The molecule has 3 nitrogen and oxygen atoms in total. The Bertz CT molecular complexity index is 425. The molecule has 0 aromatic carbocycles. The Kier molecular flexibility index (Phi) is 5.25. The molecule has 0 aliphatic heterocycles. The van der Waals surface area contributed by atoms with E-state index in [0.717, 1.165) is 25.0 Å². The van der Waals surface area contributed by atoms with Gasteiger partial charge in [-0.05, 0) is 44.7 Å². The number of aliphatic imine (C=N–C) groups is 1. The van der Waals surface area contributed by atoms with Gasteiger partial charge in [0, 0.05) is 22.3 Å². The highest BCUT2D eigenvalue weighted by Gasteiger charge is 2.36.